The Balaban J connectivity index is 2.40. The van der Waals surface area contributed by atoms with E-state index < -0.39 is 0 Å². The molecule has 1 heterocycles. The van der Waals surface area contributed by atoms with E-state index in [1.165, 1.54) is 11.3 Å². The summed E-state index contributed by atoms with van der Waals surface area (Å²) >= 11 is 10.9. The molecule has 1 aromatic carbocycles. The number of hydrogen-bond donors (Lipinski definition) is 0. The Morgan fingerprint density at radius 3 is 2.47 bits per heavy atom. The van der Waals surface area contributed by atoms with Crippen molar-refractivity contribution < 1.29 is 4.79 Å². The maximum Gasteiger partial charge on any atom is 0.203 e. The lowest BCUT2D eigenvalue weighted by Crippen LogP contribution is -1.98. The summed E-state index contributed by atoms with van der Waals surface area (Å²) in [5.74, 6) is 0.0192. The average Bonchev–Trinajstić information content (AvgIpc) is 2.62. The predicted octanol–water partition coefficient (Wildman–Crippen LogP) is 5.01. The fourth-order valence-corrected chi connectivity index (χ4v) is 3.13. The molecule has 0 aliphatic carbocycles. The van der Waals surface area contributed by atoms with Gasteiger partial charge in [0.2, 0.25) is 5.78 Å². The molecule has 0 N–H and O–H groups in total. The van der Waals surface area contributed by atoms with Crippen molar-refractivity contribution in [1.29, 1.82) is 0 Å². The molecule has 0 saturated heterocycles. The summed E-state index contributed by atoms with van der Waals surface area (Å²) in [5, 5.41) is 0.628. The number of carbonyl (C=O) groups is 1. The first kappa shape index (κ1) is 12.8. The van der Waals surface area contributed by atoms with E-state index in [0.717, 1.165) is 19.8 Å². The van der Waals surface area contributed by atoms with Gasteiger partial charge in [0.05, 0.1) is 8.66 Å². The predicted molar refractivity (Wildman–Crippen MR) is 76.4 cm³/mol. The Kier molecular flexibility index (Phi) is 3.71. The zero-order valence-electron chi connectivity index (χ0n) is 9.38. The van der Waals surface area contributed by atoms with Crippen LogP contribution in [0.5, 0.6) is 0 Å². The lowest BCUT2D eigenvalue weighted by Gasteiger charge is -2.01. The Bertz CT molecular complexity index is 570. The van der Waals surface area contributed by atoms with E-state index in [1.807, 2.05) is 32.0 Å². The van der Waals surface area contributed by atoms with Crippen LogP contribution in [0.4, 0.5) is 0 Å². The van der Waals surface area contributed by atoms with Crippen molar-refractivity contribution in [3.8, 4) is 0 Å². The summed E-state index contributed by atoms with van der Waals surface area (Å²) in [5.41, 5.74) is 2.69. The molecule has 0 aliphatic rings. The van der Waals surface area contributed by atoms with Gasteiger partial charge < -0.3 is 0 Å². The van der Waals surface area contributed by atoms with E-state index in [2.05, 4.69) is 15.9 Å². The molecule has 0 spiro atoms. The maximum atomic E-state index is 12.2. The highest BCUT2D eigenvalue weighted by Crippen LogP contribution is 2.29. The van der Waals surface area contributed by atoms with Crippen molar-refractivity contribution in [3.05, 3.63) is 54.6 Å². The smallest absolute Gasteiger partial charge is 0.203 e. The lowest BCUT2D eigenvalue weighted by atomic mass is 10.1. The molecule has 0 fully saturated rings. The molecule has 0 bridgehead atoms. The minimum Gasteiger partial charge on any atom is -0.288 e. The van der Waals surface area contributed by atoms with Gasteiger partial charge in [-0.25, -0.2) is 0 Å². The molecule has 0 unspecified atom stereocenters. The third kappa shape index (κ3) is 2.62. The van der Waals surface area contributed by atoms with Crippen LogP contribution in [0.3, 0.4) is 0 Å². The summed E-state index contributed by atoms with van der Waals surface area (Å²) < 4.78 is 0.999. The van der Waals surface area contributed by atoms with E-state index in [9.17, 15) is 4.79 Å². The quantitative estimate of drug-likeness (QED) is 0.708. The van der Waals surface area contributed by atoms with Gasteiger partial charge in [-0.05, 0) is 53.0 Å². The van der Waals surface area contributed by atoms with Crippen molar-refractivity contribution in [2.45, 2.75) is 13.8 Å². The fraction of sp³-hybridized carbons (Fsp3) is 0.154. The first-order chi connectivity index (χ1) is 7.99. The van der Waals surface area contributed by atoms with Crippen LogP contribution in [-0.4, -0.2) is 5.78 Å². The normalized spacial score (nSPS) is 10.6. The van der Waals surface area contributed by atoms with Gasteiger partial charge in [0.25, 0.3) is 0 Å². The van der Waals surface area contributed by atoms with Gasteiger partial charge in [-0.15, -0.1) is 11.3 Å². The average molecular weight is 330 g/mol. The Morgan fingerprint density at radius 2 is 1.94 bits per heavy atom. The molecule has 2 rings (SSSR count). The van der Waals surface area contributed by atoms with E-state index in [4.69, 9.17) is 11.6 Å². The Morgan fingerprint density at radius 1 is 1.24 bits per heavy atom. The van der Waals surface area contributed by atoms with Crippen molar-refractivity contribution in [2.24, 2.45) is 0 Å². The van der Waals surface area contributed by atoms with Crippen LogP contribution in [-0.2, 0) is 0 Å². The number of carbonyl (C=O) groups excluding carboxylic acids is 1. The number of rotatable bonds is 2. The lowest BCUT2D eigenvalue weighted by molar-refractivity contribution is 0.104. The highest BCUT2D eigenvalue weighted by Gasteiger charge is 2.14. The van der Waals surface area contributed by atoms with Gasteiger partial charge in [-0.1, -0.05) is 23.7 Å². The highest BCUT2D eigenvalue weighted by atomic mass is 79.9. The van der Waals surface area contributed by atoms with Gasteiger partial charge >= 0.3 is 0 Å². The fourth-order valence-electron chi connectivity index (χ4n) is 1.45. The second-order valence-corrected chi connectivity index (χ2v) is 6.64. The molecular formula is C13H10BrClOS. The second-order valence-electron chi connectivity index (χ2n) is 3.86. The molecule has 88 valence electrons. The first-order valence-corrected chi connectivity index (χ1v) is 7.04. The highest BCUT2D eigenvalue weighted by molar-refractivity contribution is 9.11. The van der Waals surface area contributed by atoms with Crippen molar-refractivity contribution in [3.63, 3.8) is 0 Å². The van der Waals surface area contributed by atoms with Crippen molar-refractivity contribution in [1.82, 2.24) is 0 Å². The van der Waals surface area contributed by atoms with Crippen LogP contribution in [0, 0.1) is 13.8 Å². The second kappa shape index (κ2) is 4.92. The van der Waals surface area contributed by atoms with Gasteiger partial charge in [0.1, 0.15) is 0 Å². The first-order valence-electron chi connectivity index (χ1n) is 5.06. The molecule has 0 saturated carbocycles. The number of hydrogen-bond acceptors (Lipinski definition) is 2. The minimum atomic E-state index is 0.0192. The molecule has 2 aromatic rings. The molecule has 1 aromatic heterocycles. The third-order valence-corrected chi connectivity index (χ3v) is 5.06. The molecule has 0 amide bonds. The number of thiophene rings is 1. The van der Waals surface area contributed by atoms with E-state index in [-0.39, 0.29) is 5.78 Å². The van der Waals surface area contributed by atoms with Gasteiger partial charge in [0.15, 0.2) is 0 Å². The van der Waals surface area contributed by atoms with Gasteiger partial charge in [-0.2, -0.15) is 0 Å². The van der Waals surface area contributed by atoms with E-state index in [0.29, 0.717) is 10.6 Å². The summed E-state index contributed by atoms with van der Waals surface area (Å²) in [4.78, 5) is 12.9. The topological polar surface area (TPSA) is 17.1 Å². The molecule has 0 radical (unpaired) electrons. The summed E-state index contributed by atoms with van der Waals surface area (Å²) in [6, 6.07) is 7.30. The molecular weight excluding hydrogens is 320 g/mol. The molecule has 17 heavy (non-hydrogen) atoms. The van der Waals surface area contributed by atoms with Gasteiger partial charge in [0, 0.05) is 10.6 Å². The van der Waals surface area contributed by atoms with E-state index in [1.54, 1.807) is 6.07 Å². The zero-order valence-corrected chi connectivity index (χ0v) is 12.5. The van der Waals surface area contributed by atoms with Crippen LogP contribution >= 0.6 is 38.9 Å². The number of ketones is 1. The maximum absolute atomic E-state index is 12.2. The van der Waals surface area contributed by atoms with Crippen molar-refractivity contribution in [2.75, 3.05) is 0 Å². The monoisotopic (exact) mass is 328 g/mol. The Labute approximate surface area is 118 Å². The summed E-state index contributed by atoms with van der Waals surface area (Å²) in [7, 11) is 0. The zero-order chi connectivity index (χ0) is 12.6. The largest absolute Gasteiger partial charge is 0.288 e. The third-order valence-electron chi connectivity index (χ3n) is 2.52. The molecule has 0 aliphatic heterocycles. The number of halogens is 2. The molecule has 1 nitrogen and oxygen atoms in total. The van der Waals surface area contributed by atoms with Crippen LogP contribution in [0.15, 0.2) is 28.1 Å². The van der Waals surface area contributed by atoms with Gasteiger partial charge in [-0.3, -0.25) is 4.79 Å². The molecule has 4 heteroatoms. The van der Waals surface area contributed by atoms with Crippen molar-refractivity contribution >= 4 is 44.7 Å². The SMILES string of the molecule is Cc1ccc(C(=O)c2cc(C)c(Br)s2)cc1Cl. The molecule has 0 atom stereocenters. The standard InChI is InChI=1S/C13H10BrClOS/c1-7-3-4-9(6-10(7)15)12(16)11-5-8(2)13(14)17-11/h3-6H,1-2H3. The number of benzene rings is 1. The minimum absolute atomic E-state index is 0.0192. The van der Waals surface area contributed by atoms with Crippen LogP contribution in [0.2, 0.25) is 5.02 Å². The summed E-state index contributed by atoms with van der Waals surface area (Å²) in [6.45, 7) is 3.89. The van der Waals surface area contributed by atoms with Crippen LogP contribution in [0.25, 0.3) is 0 Å². The van der Waals surface area contributed by atoms with E-state index >= 15 is 0 Å². The summed E-state index contributed by atoms with van der Waals surface area (Å²) in [6.07, 6.45) is 0. The van der Waals surface area contributed by atoms with Crippen LogP contribution < -0.4 is 0 Å². The number of aryl methyl sites for hydroxylation is 2. The van der Waals surface area contributed by atoms with Crippen LogP contribution in [0.1, 0.15) is 26.4 Å². The Hall–Kier alpha value is -0.640.